The molecule has 0 atom stereocenters. The minimum absolute atomic E-state index is 0.375. The second-order valence-corrected chi connectivity index (χ2v) is 5.37. The Hall–Kier alpha value is -1.75. The molecule has 0 unspecified atom stereocenters. The van der Waals surface area contributed by atoms with E-state index in [9.17, 15) is 0 Å². The van der Waals surface area contributed by atoms with Gasteiger partial charge in [-0.1, -0.05) is 24.4 Å². The number of aromatic nitrogens is 3. The second-order valence-electron chi connectivity index (χ2n) is 4.96. The number of ether oxygens (including phenoxy) is 2. The minimum atomic E-state index is 0.375. The number of H-pyrrole nitrogens is 1. The van der Waals surface area contributed by atoms with Gasteiger partial charge in [0.15, 0.2) is 5.75 Å². The number of nitrogens with one attached hydrogen (secondary N) is 1. The van der Waals surface area contributed by atoms with Crippen molar-refractivity contribution in [3.05, 3.63) is 29.4 Å². The fourth-order valence-electron chi connectivity index (χ4n) is 2.40. The molecule has 20 heavy (non-hydrogen) atoms. The average Bonchev–Trinajstić information content (AvgIpc) is 3.12. The predicted molar refractivity (Wildman–Crippen MR) is 75.4 cm³/mol. The molecular formula is C14H16ClN3O2. The number of hydrogen-bond acceptors (Lipinski definition) is 4. The van der Waals surface area contributed by atoms with Crippen LogP contribution in [-0.4, -0.2) is 22.0 Å². The lowest BCUT2D eigenvalue weighted by atomic mass is 10.1. The summed E-state index contributed by atoms with van der Waals surface area (Å²) in [7, 11) is 0. The van der Waals surface area contributed by atoms with Crippen LogP contribution in [-0.2, 0) is 0 Å². The summed E-state index contributed by atoms with van der Waals surface area (Å²) < 4.78 is 11.4. The maximum Gasteiger partial charge on any atom is 0.258 e. The van der Waals surface area contributed by atoms with Crippen molar-refractivity contribution in [2.24, 2.45) is 5.92 Å². The fourth-order valence-corrected chi connectivity index (χ4v) is 2.55. The summed E-state index contributed by atoms with van der Waals surface area (Å²) in [4.78, 5) is 0. The van der Waals surface area contributed by atoms with Gasteiger partial charge in [0.05, 0.1) is 11.6 Å². The predicted octanol–water partition coefficient (Wildman–Crippen LogP) is 3.82. The summed E-state index contributed by atoms with van der Waals surface area (Å²) >= 11 is 6.10. The van der Waals surface area contributed by atoms with Crippen LogP contribution in [0.25, 0.3) is 0 Å². The summed E-state index contributed by atoms with van der Waals surface area (Å²) in [6.45, 7) is 0.755. The zero-order chi connectivity index (χ0) is 13.8. The molecule has 1 fully saturated rings. The number of benzene rings is 1. The Morgan fingerprint density at radius 3 is 2.90 bits per heavy atom. The maximum absolute atomic E-state index is 6.10. The Balaban J connectivity index is 1.66. The van der Waals surface area contributed by atoms with Gasteiger partial charge in [0.25, 0.3) is 5.88 Å². The molecule has 1 aromatic carbocycles. The summed E-state index contributed by atoms with van der Waals surface area (Å²) in [6.07, 6.45) is 6.64. The largest absolute Gasteiger partial charge is 0.493 e. The molecule has 0 spiro atoms. The Morgan fingerprint density at radius 1 is 1.30 bits per heavy atom. The summed E-state index contributed by atoms with van der Waals surface area (Å²) in [6, 6.07) is 5.40. The number of aromatic amines is 1. The molecule has 5 nitrogen and oxygen atoms in total. The molecule has 0 bridgehead atoms. The van der Waals surface area contributed by atoms with Gasteiger partial charge in [-0.3, -0.25) is 0 Å². The van der Waals surface area contributed by atoms with Crippen LogP contribution < -0.4 is 9.47 Å². The Bertz CT molecular complexity index is 554. The first-order valence-electron chi connectivity index (χ1n) is 6.77. The van der Waals surface area contributed by atoms with Crippen LogP contribution >= 0.6 is 11.6 Å². The van der Waals surface area contributed by atoms with Crippen molar-refractivity contribution >= 4 is 11.6 Å². The molecule has 1 saturated carbocycles. The molecule has 1 aromatic heterocycles. The fraction of sp³-hybridized carbons (Fsp3) is 0.429. The van der Waals surface area contributed by atoms with Gasteiger partial charge in [-0.05, 0) is 30.9 Å². The monoisotopic (exact) mass is 293 g/mol. The lowest BCUT2D eigenvalue weighted by Gasteiger charge is -2.12. The van der Waals surface area contributed by atoms with E-state index in [0.29, 0.717) is 22.6 Å². The van der Waals surface area contributed by atoms with Crippen LogP contribution in [0.3, 0.4) is 0 Å². The standard InChI is InChI=1S/C14H16ClN3O2/c15-12-6-5-11(19-9-10-3-1-2-4-10)7-13(12)20-14-8-16-18-17-14/h5-8,10H,1-4,9H2,(H,16,17,18). The molecule has 0 saturated heterocycles. The smallest absolute Gasteiger partial charge is 0.258 e. The lowest BCUT2D eigenvalue weighted by Crippen LogP contribution is -2.07. The van der Waals surface area contributed by atoms with Crippen molar-refractivity contribution in [3.63, 3.8) is 0 Å². The van der Waals surface area contributed by atoms with E-state index in [4.69, 9.17) is 21.1 Å². The zero-order valence-corrected chi connectivity index (χ0v) is 11.8. The van der Waals surface area contributed by atoms with Crippen molar-refractivity contribution in [2.75, 3.05) is 6.61 Å². The van der Waals surface area contributed by atoms with Crippen LogP contribution in [0.2, 0.25) is 5.02 Å². The first kappa shape index (κ1) is 13.2. The molecule has 106 valence electrons. The third kappa shape index (κ3) is 3.22. The minimum Gasteiger partial charge on any atom is -0.493 e. The average molecular weight is 294 g/mol. The number of nitrogens with zero attached hydrogens (tertiary/aromatic N) is 2. The van der Waals surface area contributed by atoms with Gasteiger partial charge < -0.3 is 9.47 Å². The first-order chi connectivity index (χ1) is 9.81. The van der Waals surface area contributed by atoms with Crippen molar-refractivity contribution in [2.45, 2.75) is 25.7 Å². The summed E-state index contributed by atoms with van der Waals surface area (Å²) in [5, 5.41) is 10.5. The van der Waals surface area contributed by atoms with Crippen LogP contribution in [0.15, 0.2) is 24.4 Å². The highest BCUT2D eigenvalue weighted by atomic mass is 35.5. The molecular weight excluding hydrogens is 278 g/mol. The van der Waals surface area contributed by atoms with E-state index >= 15 is 0 Å². The SMILES string of the molecule is Clc1ccc(OCC2CCCC2)cc1Oc1cn[nH]n1. The third-order valence-corrected chi connectivity index (χ3v) is 3.78. The van der Waals surface area contributed by atoms with E-state index in [1.165, 1.54) is 31.9 Å². The third-order valence-electron chi connectivity index (χ3n) is 3.47. The summed E-state index contributed by atoms with van der Waals surface area (Å²) in [5.41, 5.74) is 0. The molecule has 1 N–H and O–H groups in total. The van der Waals surface area contributed by atoms with Gasteiger partial charge in [0.1, 0.15) is 11.9 Å². The van der Waals surface area contributed by atoms with Gasteiger partial charge in [-0.25, -0.2) is 0 Å². The highest BCUT2D eigenvalue weighted by molar-refractivity contribution is 6.32. The van der Waals surface area contributed by atoms with E-state index in [-0.39, 0.29) is 0 Å². The Morgan fingerprint density at radius 2 is 2.15 bits per heavy atom. The molecule has 1 aliphatic carbocycles. The lowest BCUT2D eigenvalue weighted by molar-refractivity contribution is 0.251. The van der Waals surface area contributed by atoms with Crippen LogP contribution in [0.5, 0.6) is 17.4 Å². The molecule has 2 aromatic rings. The van der Waals surface area contributed by atoms with Crippen molar-refractivity contribution in [1.29, 1.82) is 0 Å². The number of hydrogen-bond donors (Lipinski definition) is 1. The molecule has 0 amide bonds. The van der Waals surface area contributed by atoms with E-state index in [2.05, 4.69) is 15.4 Å². The number of halogens is 1. The maximum atomic E-state index is 6.10. The van der Waals surface area contributed by atoms with Gasteiger partial charge >= 0.3 is 0 Å². The molecule has 3 rings (SSSR count). The van der Waals surface area contributed by atoms with Crippen LogP contribution in [0.1, 0.15) is 25.7 Å². The quantitative estimate of drug-likeness (QED) is 0.910. The highest BCUT2D eigenvalue weighted by Crippen LogP contribution is 2.33. The zero-order valence-electron chi connectivity index (χ0n) is 11.0. The molecule has 1 aliphatic rings. The van der Waals surface area contributed by atoms with Gasteiger partial charge in [-0.15, -0.1) is 5.10 Å². The second kappa shape index (κ2) is 6.13. The molecule has 0 radical (unpaired) electrons. The van der Waals surface area contributed by atoms with E-state index in [1.54, 1.807) is 12.1 Å². The van der Waals surface area contributed by atoms with Gasteiger partial charge in [0, 0.05) is 6.07 Å². The summed E-state index contributed by atoms with van der Waals surface area (Å²) in [5.74, 6) is 2.33. The first-order valence-corrected chi connectivity index (χ1v) is 7.15. The van der Waals surface area contributed by atoms with Gasteiger partial charge in [-0.2, -0.15) is 10.3 Å². The molecule has 0 aliphatic heterocycles. The van der Waals surface area contributed by atoms with Gasteiger partial charge in [0.2, 0.25) is 0 Å². The van der Waals surface area contributed by atoms with Crippen molar-refractivity contribution in [1.82, 2.24) is 15.4 Å². The number of rotatable bonds is 5. The molecule has 6 heteroatoms. The van der Waals surface area contributed by atoms with E-state index in [1.807, 2.05) is 6.07 Å². The molecule has 1 heterocycles. The normalized spacial score (nSPS) is 15.4. The van der Waals surface area contributed by atoms with E-state index < -0.39 is 0 Å². The van der Waals surface area contributed by atoms with Crippen LogP contribution in [0, 0.1) is 5.92 Å². The van der Waals surface area contributed by atoms with E-state index in [0.717, 1.165) is 12.4 Å². The van der Waals surface area contributed by atoms with Crippen molar-refractivity contribution in [3.8, 4) is 17.4 Å². The topological polar surface area (TPSA) is 60.0 Å². The van der Waals surface area contributed by atoms with Crippen LogP contribution in [0.4, 0.5) is 0 Å². The van der Waals surface area contributed by atoms with Crippen molar-refractivity contribution < 1.29 is 9.47 Å². The Labute approximate surface area is 122 Å². The highest BCUT2D eigenvalue weighted by Gasteiger charge is 2.16. The Kier molecular flexibility index (Phi) is 4.06.